The van der Waals surface area contributed by atoms with E-state index in [1.165, 1.54) is 0 Å². The lowest BCUT2D eigenvalue weighted by Crippen LogP contribution is -2.19. The van der Waals surface area contributed by atoms with Crippen LogP contribution in [0.1, 0.15) is 19.8 Å². The zero-order valence-corrected chi connectivity index (χ0v) is 14.6. The summed E-state index contributed by atoms with van der Waals surface area (Å²) in [6.07, 6.45) is 2.08. The van der Waals surface area contributed by atoms with Crippen LogP contribution in [0, 0.1) is 0 Å². The van der Waals surface area contributed by atoms with Crippen molar-refractivity contribution in [1.82, 2.24) is 0 Å². The SMILES string of the molecule is CCCCOc1ccc(NC(=O)Nc2ccc(NS(=O)O)cc2)cc1. The molecule has 0 bridgehead atoms. The molecule has 1 unspecified atom stereocenters. The number of hydrogen-bond acceptors (Lipinski definition) is 3. The number of anilines is 3. The van der Waals surface area contributed by atoms with Crippen LogP contribution in [0.2, 0.25) is 0 Å². The lowest BCUT2D eigenvalue weighted by Gasteiger charge is -2.10. The Balaban J connectivity index is 1.84. The Morgan fingerprint density at radius 1 is 1.00 bits per heavy atom. The fourth-order valence-electron chi connectivity index (χ4n) is 1.98. The van der Waals surface area contributed by atoms with Gasteiger partial charge >= 0.3 is 6.03 Å². The molecule has 0 radical (unpaired) electrons. The molecule has 2 amide bonds. The molecule has 0 fully saturated rings. The van der Waals surface area contributed by atoms with Gasteiger partial charge in [0.25, 0.3) is 11.3 Å². The summed E-state index contributed by atoms with van der Waals surface area (Å²) >= 11 is -2.13. The van der Waals surface area contributed by atoms with Crippen LogP contribution in [0.5, 0.6) is 5.75 Å². The number of urea groups is 1. The average Bonchev–Trinajstić information content (AvgIpc) is 2.58. The Kier molecular flexibility index (Phi) is 7.24. The van der Waals surface area contributed by atoms with Crippen molar-refractivity contribution in [3.63, 3.8) is 0 Å². The van der Waals surface area contributed by atoms with Gasteiger partial charge in [-0.2, -0.15) is 0 Å². The molecule has 0 heterocycles. The van der Waals surface area contributed by atoms with E-state index in [2.05, 4.69) is 22.3 Å². The van der Waals surface area contributed by atoms with Gasteiger partial charge in [-0.1, -0.05) is 13.3 Å². The third-order valence-electron chi connectivity index (χ3n) is 3.23. The maximum Gasteiger partial charge on any atom is 0.323 e. The van der Waals surface area contributed by atoms with Crippen LogP contribution in [-0.4, -0.2) is 21.4 Å². The van der Waals surface area contributed by atoms with Crippen LogP contribution >= 0.6 is 0 Å². The second-order valence-corrected chi connectivity index (χ2v) is 5.94. The first-order valence-electron chi connectivity index (χ1n) is 7.85. The summed E-state index contributed by atoms with van der Waals surface area (Å²) in [5.74, 6) is 0.767. The summed E-state index contributed by atoms with van der Waals surface area (Å²) in [7, 11) is 0. The van der Waals surface area contributed by atoms with Gasteiger partial charge in [0, 0.05) is 17.1 Å². The maximum absolute atomic E-state index is 12.0. The second kappa shape index (κ2) is 9.65. The van der Waals surface area contributed by atoms with Gasteiger partial charge in [-0.05, 0) is 55.0 Å². The molecule has 0 spiro atoms. The largest absolute Gasteiger partial charge is 0.494 e. The number of rotatable bonds is 8. The van der Waals surface area contributed by atoms with E-state index in [1.54, 1.807) is 48.5 Å². The van der Waals surface area contributed by atoms with Crippen molar-refractivity contribution in [2.75, 3.05) is 22.0 Å². The molecular formula is C17H21N3O4S. The molecule has 25 heavy (non-hydrogen) atoms. The van der Waals surface area contributed by atoms with E-state index in [0.717, 1.165) is 18.6 Å². The highest BCUT2D eigenvalue weighted by molar-refractivity contribution is 7.80. The van der Waals surface area contributed by atoms with Gasteiger partial charge in [0.1, 0.15) is 5.75 Å². The third-order valence-corrected chi connectivity index (χ3v) is 3.64. The summed E-state index contributed by atoms with van der Waals surface area (Å²) in [5, 5.41) is 5.40. The smallest absolute Gasteiger partial charge is 0.323 e. The predicted molar refractivity (Wildman–Crippen MR) is 100 cm³/mol. The molecule has 4 N–H and O–H groups in total. The van der Waals surface area contributed by atoms with Crippen molar-refractivity contribution in [2.24, 2.45) is 0 Å². The molecule has 0 aliphatic rings. The minimum Gasteiger partial charge on any atom is -0.494 e. The fourth-order valence-corrected chi connectivity index (χ4v) is 2.32. The van der Waals surface area contributed by atoms with Crippen LogP contribution in [0.4, 0.5) is 21.9 Å². The van der Waals surface area contributed by atoms with E-state index in [4.69, 9.17) is 9.29 Å². The second-order valence-electron chi connectivity index (χ2n) is 5.23. The minimum atomic E-state index is -2.13. The highest BCUT2D eigenvalue weighted by Gasteiger charge is 2.04. The van der Waals surface area contributed by atoms with Gasteiger partial charge in [-0.3, -0.25) is 9.27 Å². The normalized spacial score (nSPS) is 11.4. The Bertz CT molecular complexity index is 705. The summed E-state index contributed by atoms with van der Waals surface area (Å²) < 4.78 is 27.3. The molecule has 2 aromatic carbocycles. The number of unbranched alkanes of at least 4 members (excludes halogenated alkanes) is 1. The van der Waals surface area contributed by atoms with Gasteiger partial charge in [0.15, 0.2) is 0 Å². The van der Waals surface area contributed by atoms with Gasteiger partial charge < -0.3 is 15.4 Å². The summed E-state index contributed by atoms with van der Waals surface area (Å²) in [5.41, 5.74) is 1.69. The monoisotopic (exact) mass is 363 g/mol. The van der Waals surface area contributed by atoms with Crippen molar-refractivity contribution in [2.45, 2.75) is 19.8 Å². The molecule has 0 aliphatic heterocycles. The highest BCUT2D eigenvalue weighted by atomic mass is 32.2. The van der Waals surface area contributed by atoms with Crippen LogP contribution < -0.4 is 20.1 Å². The standard InChI is InChI=1S/C17H21N3O4S/c1-2-3-12-24-16-10-8-14(9-11-16)19-17(21)18-13-4-6-15(7-5-13)20-25(22)23/h4-11,20H,2-3,12H2,1H3,(H,22,23)(H2,18,19,21). The third kappa shape index (κ3) is 6.82. The molecular weight excluding hydrogens is 342 g/mol. The minimum absolute atomic E-state index is 0.383. The number of carbonyl (C=O) groups excluding carboxylic acids is 1. The molecule has 0 saturated carbocycles. The number of nitrogens with one attached hydrogen (secondary N) is 3. The first kappa shape index (κ1) is 18.8. The van der Waals surface area contributed by atoms with Crippen LogP contribution in [0.25, 0.3) is 0 Å². The number of ether oxygens (including phenoxy) is 1. The Labute approximate surface area is 149 Å². The maximum atomic E-state index is 12.0. The molecule has 2 rings (SSSR count). The lowest BCUT2D eigenvalue weighted by molar-refractivity contribution is 0.262. The number of amides is 2. The summed E-state index contributed by atoms with van der Waals surface area (Å²) in [6, 6.07) is 13.2. The molecule has 1 atom stereocenters. The molecule has 134 valence electrons. The molecule has 0 saturated heterocycles. The first-order valence-corrected chi connectivity index (χ1v) is 8.96. The summed E-state index contributed by atoms with van der Waals surface area (Å²) in [6.45, 7) is 2.78. The van der Waals surface area contributed by atoms with Crippen LogP contribution in [-0.2, 0) is 11.3 Å². The Morgan fingerprint density at radius 3 is 2.04 bits per heavy atom. The Morgan fingerprint density at radius 2 is 1.52 bits per heavy atom. The van der Waals surface area contributed by atoms with Crippen molar-refractivity contribution in [1.29, 1.82) is 0 Å². The average molecular weight is 363 g/mol. The van der Waals surface area contributed by atoms with Crippen molar-refractivity contribution < 1.29 is 18.3 Å². The quantitative estimate of drug-likeness (QED) is 0.420. The molecule has 0 aromatic heterocycles. The van der Waals surface area contributed by atoms with E-state index in [9.17, 15) is 9.00 Å². The molecule has 8 heteroatoms. The summed E-state index contributed by atoms with van der Waals surface area (Å²) in [4.78, 5) is 12.0. The van der Waals surface area contributed by atoms with Crippen molar-refractivity contribution >= 4 is 34.4 Å². The number of hydrogen-bond donors (Lipinski definition) is 4. The predicted octanol–water partition coefficient (Wildman–Crippen LogP) is 4.06. The van der Waals surface area contributed by atoms with Gasteiger partial charge in [0.05, 0.1) is 6.61 Å². The van der Waals surface area contributed by atoms with E-state index < -0.39 is 11.3 Å². The Hall–Kier alpha value is -2.58. The molecule has 7 nitrogen and oxygen atoms in total. The van der Waals surface area contributed by atoms with Crippen molar-refractivity contribution in [3.05, 3.63) is 48.5 Å². The number of carbonyl (C=O) groups is 1. The van der Waals surface area contributed by atoms with Gasteiger partial charge in [0.2, 0.25) is 0 Å². The van der Waals surface area contributed by atoms with Crippen molar-refractivity contribution in [3.8, 4) is 5.75 Å². The zero-order valence-electron chi connectivity index (χ0n) is 13.8. The number of benzene rings is 2. The van der Waals surface area contributed by atoms with E-state index in [-0.39, 0.29) is 6.03 Å². The molecule has 0 aliphatic carbocycles. The fraction of sp³-hybridized carbons (Fsp3) is 0.235. The van der Waals surface area contributed by atoms with E-state index in [0.29, 0.717) is 23.7 Å². The van der Waals surface area contributed by atoms with Gasteiger partial charge in [-0.25, -0.2) is 9.00 Å². The first-order chi connectivity index (χ1) is 12.1. The lowest BCUT2D eigenvalue weighted by atomic mass is 10.3. The van der Waals surface area contributed by atoms with Gasteiger partial charge in [-0.15, -0.1) is 0 Å². The van der Waals surface area contributed by atoms with E-state index >= 15 is 0 Å². The van der Waals surface area contributed by atoms with E-state index in [1.807, 2.05) is 0 Å². The molecule has 2 aromatic rings. The highest BCUT2D eigenvalue weighted by Crippen LogP contribution is 2.17. The topological polar surface area (TPSA) is 99.7 Å². The zero-order chi connectivity index (χ0) is 18.1. The van der Waals surface area contributed by atoms with Crippen LogP contribution in [0.15, 0.2) is 48.5 Å². The van der Waals surface area contributed by atoms with Crippen LogP contribution in [0.3, 0.4) is 0 Å².